The van der Waals surface area contributed by atoms with Crippen molar-refractivity contribution in [1.82, 2.24) is 0 Å². The largest absolute Gasteiger partial charge is 0.508 e. The molecule has 88 valence electrons. The van der Waals surface area contributed by atoms with Gasteiger partial charge >= 0.3 is 0 Å². The van der Waals surface area contributed by atoms with E-state index >= 15 is 0 Å². The Bertz CT molecular complexity index is 328. The zero-order valence-electron chi connectivity index (χ0n) is 9.29. The first-order valence-corrected chi connectivity index (χ1v) is 6.78. The smallest absolute Gasteiger partial charge is 0.115 e. The quantitative estimate of drug-likeness (QED) is 0.865. The maximum absolute atomic E-state index is 9.25. The summed E-state index contributed by atoms with van der Waals surface area (Å²) in [5, 5.41) is 10.2. The fourth-order valence-corrected chi connectivity index (χ4v) is 2.89. The summed E-state index contributed by atoms with van der Waals surface area (Å²) in [5.41, 5.74) is 1.50. The van der Waals surface area contributed by atoms with Gasteiger partial charge < -0.3 is 9.84 Å². The van der Waals surface area contributed by atoms with Crippen LogP contribution in [-0.4, -0.2) is 23.7 Å². The van der Waals surface area contributed by atoms with Gasteiger partial charge in [0.05, 0.1) is 6.61 Å². The van der Waals surface area contributed by atoms with Crippen LogP contribution < -0.4 is 0 Å². The molecule has 0 amide bonds. The van der Waals surface area contributed by atoms with Crippen LogP contribution in [0.5, 0.6) is 5.75 Å². The molecule has 0 aromatic heterocycles. The van der Waals surface area contributed by atoms with E-state index in [1.165, 1.54) is 12.0 Å². The van der Waals surface area contributed by atoms with E-state index < -0.39 is 0 Å². The van der Waals surface area contributed by atoms with Crippen LogP contribution in [0.1, 0.15) is 18.4 Å². The van der Waals surface area contributed by atoms with Crippen LogP contribution in [0.3, 0.4) is 0 Å². The summed E-state index contributed by atoms with van der Waals surface area (Å²) < 4.78 is 5.59. The maximum Gasteiger partial charge on any atom is 0.115 e. The number of alkyl halides is 1. The summed E-state index contributed by atoms with van der Waals surface area (Å²) in [6, 6.07) is 7.49. The summed E-state index contributed by atoms with van der Waals surface area (Å²) in [6.07, 6.45) is 3.36. The van der Waals surface area contributed by atoms with Crippen molar-refractivity contribution in [2.45, 2.75) is 19.3 Å². The molecule has 1 atom stereocenters. The van der Waals surface area contributed by atoms with Crippen LogP contribution in [0, 0.1) is 5.41 Å². The summed E-state index contributed by atoms with van der Waals surface area (Å²) in [4.78, 5) is 0. The molecule has 1 heterocycles. The number of hydrogen-bond acceptors (Lipinski definition) is 2. The Morgan fingerprint density at radius 3 is 2.62 bits per heavy atom. The van der Waals surface area contributed by atoms with Gasteiger partial charge in [0.25, 0.3) is 0 Å². The number of phenols is 1. The van der Waals surface area contributed by atoms with Gasteiger partial charge in [0.15, 0.2) is 0 Å². The summed E-state index contributed by atoms with van der Waals surface area (Å²) in [5.74, 6) is 0.330. The first-order valence-electron chi connectivity index (χ1n) is 5.66. The molecule has 3 heteroatoms. The predicted molar refractivity (Wildman–Crippen MR) is 68.1 cm³/mol. The zero-order valence-corrected chi connectivity index (χ0v) is 10.9. The molecular formula is C13H17BrO2. The van der Waals surface area contributed by atoms with E-state index in [4.69, 9.17) is 4.74 Å². The van der Waals surface area contributed by atoms with Crippen molar-refractivity contribution in [3.63, 3.8) is 0 Å². The second-order valence-electron chi connectivity index (χ2n) is 4.63. The molecule has 1 aromatic rings. The molecule has 1 saturated heterocycles. The minimum absolute atomic E-state index is 0.231. The SMILES string of the molecule is Oc1ccc(CC2(CBr)CCCOC2)cc1. The standard InChI is InChI=1S/C13H17BrO2/c14-9-13(6-1-7-16-10-13)8-11-2-4-12(15)5-3-11/h2-5,15H,1,6-10H2. The molecule has 0 radical (unpaired) electrons. The highest BCUT2D eigenvalue weighted by molar-refractivity contribution is 9.09. The van der Waals surface area contributed by atoms with Gasteiger partial charge in [0.2, 0.25) is 0 Å². The highest BCUT2D eigenvalue weighted by Crippen LogP contribution is 2.34. The van der Waals surface area contributed by atoms with E-state index in [-0.39, 0.29) is 5.41 Å². The van der Waals surface area contributed by atoms with E-state index in [0.29, 0.717) is 5.75 Å². The molecule has 1 N–H and O–H groups in total. The molecule has 1 aliphatic heterocycles. The van der Waals surface area contributed by atoms with Crippen LogP contribution >= 0.6 is 15.9 Å². The van der Waals surface area contributed by atoms with Gasteiger partial charge in [-0.3, -0.25) is 0 Å². The number of halogens is 1. The van der Waals surface area contributed by atoms with E-state index in [2.05, 4.69) is 15.9 Å². The Kier molecular flexibility index (Phi) is 3.87. The Morgan fingerprint density at radius 2 is 2.06 bits per heavy atom. The van der Waals surface area contributed by atoms with Crippen molar-refractivity contribution in [2.24, 2.45) is 5.41 Å². The molecule has 0 saturated carbocycles. The molecule has 1 aliphatic rings. The van der Waals surface area contributed by atoms with Gasteiger partial charge in [-0.15, -0.1) is 0 Å². The molecule has 0 aliphatic carbocycles. The van der Waals surface area contributed by atoms with Gasteiger partial charge in [0, 0.05) is 17.4 Å². The lowest BCUT2D eigenvalue weighted by atomic mass is 9.79. The average molecular weight is 285 g/mol. The molecule has 1 unspecified atom stereocenters. The molecule has 0 bridgehead atoms. The molecular weight excluding hydrogens is 268 g/mol. The summed E-state index contributed by atoms with van der Waals surface area (Å²) in [7, 11) is 0. The lowest BCUT2D eigenvalue weighted by Gasteiger charge is -2.35. The number of rotatable bonds is 3. The topological polar surface area (TPSA) is 29.5 Å². The van der Waals surface area contributed by atoms with Gasteiger partial charge in [-0.25, -0.2) is 0 Å². The van der Waals surface area contributed by atoms with E-state index in [9.17, 15) is 5.11 Å². The summed E-state index contributed by atoms with van der Waals surface area (Å²) in [6.45, 7) is 1.73. The average Bonchev–Trinajstić information content (AvgIpc) is 2.33. The highest BCUT2D eigenvalue weighted by atomic mass is 79.9. The van der Waals surface area contributed by atoms with Crippen LogP contribution in [0.25, 0.3) is 0 Å². The van der Waals surface area contributed by atoms with Gasteiger partial charge in [-0.05, 0) is 37.0 Å². The van der Waals surface area contributed by atoms with Crippen molar-refractivity contribution in [3.05, 3.63) is 29.8 Å². The number of ether oxygens (including phenoxy) is 1. The molecule has 1 aromatic carbocycles. The van der Waals surface area contributed by atoms with E-state index in [1.807, 2.05) is 12.1 Å². The second kappa shape index (κ2) is 5.19. The minimum Gasteiger partial charge on any atom is -0.508 e. The van der Waals surface area contributed by atoms with Crippen molar-refractivity contribution in [1.29, 1.82) is 0 Å². The minimum atomic E-state index is 0.231. The van der Waals surface area contributed by atoms with Crippen molar-refractivity contribution in [2.75, 3.05) is 18.5 Å². The van der Waals surface area contributed by atoms with E-state index in [0.717, 1.165) is 31.4 Å². The Balaban J connectivity index is 2.08. The fourth-order valence-electron chi connectivity index (χ4n) is 2.25. The first-order chi connectivity index (χ1) is 7.74. The third-order valence-electron chi connectivity index (χ3n) is 3.20. The van der Waals surface area contributed by atoms with Crippen molar-refractivity contribution >= 4 is 15.9 Å². The zero-order chi connectivity index (χ0) is 11.4. The molecule has 0 spiro atoms. The fraction of sp³-hybridized carbons (Fsp3) is 0.538. The van der Waals surface area contributed by atoms with E-state index in [1.54, 1.807) is 12.1 Å². The Hall–Kier alpha value is -0.540. The number of aromatic hydroxyl groups is 1. The number of phenolic OH excluding ortho intramolecular Hbond substituents is 1. The Labute approximate surface area is 105 Å². The monoisotopic (exact) mass is 284 g/mol. The second-order valence-corrected chi connectivity index (χ2v) is 5.19. The number of hydrogen-bond donors (Lipinski definition) is 1. The lowest BCUT2D eigenvalue weighted by Crippen LogP contribution is -2.35. The first kappa shape index (κ1) is 11.9. The van der Waals surface area contributed by atoms with Crippen LogP contribution in [0.15, 0.2) is 24.3 Å². The summed E-state index contributed by atoms with van der Waals surface area (Å²) >= 11 is 3.61. The van der Waals surface area contributed by atoms with Crippen molar-refractivity contribution < 1.29 is 9.84 Å². The van der Waals surface area contributed by atoms with Crippen LogP contribution in [0.4, 0.5) is 0 Å². The third-order valence-corrected chi connectivity index (χ3v) is 4.39. The van der Waals surface area contributed by atoms with Gasteiger partial charge in [-0.1, -0.05) is 28.1 Å². The van der Waals surface area contributed by atoms with Crippen LogP contribution in [0.2, 0.25) is 0 Å². The molecule has 2 nitrogen and oxygen atoms in total. The van der Waals surface area contributed by atoms with Crippen molar-refractivity contribution in [3.8, 4) is 5.75 Å². The molecule has 16 heavy (non-hydrogen) atoms. The lowest BCUT2D eigenvalue weighted by molar-refractivity contribution is 0.00615. The number of benzene rings is 1. The third kappa shape index (κ3) is 2.77. The van der Waals surface area contributed by atoms with Gasteiger partial charge in [0.1, 0.15) is 5.75 Å². The van der Waals surface area contributed by atoms with Crippen LogP contribution in [-0.2, 0) is 11.2 Å². The maximum atomic E-state index is 9.25. The predicted octanol–water partition coefficient (Wildman–Crippen LogP) is 3.13. The van der Waals surface area contributed by atoms with Gasteiger partial charge in [-0.2, -0.15) is 0 Å². The molecule has 1 fully saturated rings. The Morgan fingerprint density at radius 1 is 1.31 bits per heavy atom. The highest BCUT2D eigenvalue weighted by Gasteiger charge is 2.31. The molecule has 2 rings (SSSR count). The normalized spacial score (nSPS) is 25.6.